The first-order valence-electron chi connectivity index (χ1n) is 6.32. The highest BCUT2D eigenvalue weighted by Crippen LogP contribution is 2.24. The van der Waals surface area contributed by atoms with Crippen LogP contribution in [0.3, 0.4) is 0 Å². The Kier molecular flexibility index (Phi) is 4.06. The molecule has 0 bridgehead atoms. The van der Waals surface area contributed by atoms with E-state index < -0.39 is 0 Å². The zero-order valence-corrected chi connectivity index (χ0v) is 11.2. The van der Waals surface area contributed by atoms with E-state index in [1.165, 1.54) is 4.57 Å². The molecule has 5 nitrogen and oxygen atoms in total. The third-order valence-corrected chi connectivity index (χ3v) is 3.03. The largest absolute Gasteiger partial charge is 0.494 e. The van der Waals surface area contributed by atoms with Gasteiger partial charge in [-0.3, -0.25) is 4.57 Å². The maximum absolute atomic E-state index is 11.8. The molecular formula is C14H19N3O2. The molecule has 1 aromatic heterocycles. The van der Waals surface area contributed by atoms with Crippen LogP contribution in [0.4, 0.5) is 0 Å². The van der Waals surface area contributed by atoms with E-state index >= 15 is 0 Å². The van der Waals surface area contributed by atoms with Gasteiger partial charge in [0.15, 0.2) is 0 Å². The molecule has 1 heterocycles. The van der Waals surface area contributed by atoms with Gasteiger partial charge in [0, 0.05) is 31.5 Å². The van der Waals surface area contributed by atoms with Crippen molar-refractivity contribution < 1.29 is 4.74 Å². The Bertz CT molecular complexity index is 601. The maximum Gasteiger partial charge on any atom is 0.327 e. The standard InChI is InChI=1S/C14H19N3O2/c1-3-19-13-7-5-4-6-11(13)12(15)10-17-9-8-16(2)14(17)18/h4-9,12H,3,10,15H2,1-2H3. The molecule has 0 saturated carbocycles. The van der Waals surface area contributed by atoms with Crippen LogP contribution in [0.1, 0.15) is 18.5 Å². The topological polar surface area (TPSA) is 62.2 Å². The van der Waals surface area contributed by atoms with E-state index in [0.29, 0.717) is 13.2 Å². The molecule has 0 aliphatic heterocycles. The number of aromatic nitrogens is 2. The third kappa shape index (κ3) is 2.88. The quantitative estimate of drug-likeness (QED) is 0.882. The zero-order chi connectivity index (χ0) is 13.8. The highest BCUT2D eigenvalue weighted by atomic mass is 16.5. The second-order valence-corrected chi connectivity index (χ2v) is 4.42. The molecule has 1 aromatic carbocycles. The van der Waals surface area contributed by atoms with E-state index in [0.717, 1.165) is 11.3 Å². The fourth-order valence-corrected chi connectivity index (χ4v) is 2.03. The van der Waals surface area contributed by atoms with E-state index in [2.05, 4.69) is 0 Å². The average Bonchev–Trinajstić information content (AvgIpc) is 2.72. The lowest BCUT2D eigenvalue weighted by Gasteiger charge is -2.16. The molecule has 0 amide bonds. The van der Waals surface area contributed by atoms with Gasteiger partial charge in [-0.15, -0.1) is 0 Å². The first kappa shape index (κ1) is 13.4. The van der Waals surface area contributed by atoms with Crippen LogP contribution >= 0.6 is 0 Å². The van der Waals surface area contributed by atoms with Gasteiger partial charge in [-0.25, -0.2) is 4.79 Å². The Hall–Kier alpha value is -2.01. The molecule has 0 radical (unpaired) electrons. The van der Waals surface area contributed by atoms with Crippen molar-refractivity contribution in [2.24, 2.45) is 12.8 Å². The summed E-state index contributed by atoms with van der Waals surface area (Å²) in [6.07, 6.45) is 3.47. The van der Waals surface area contributed by atoms with Crippen molar-refractivity contribution in [3.8, 4) is 5.75 Å². The van der Waals surface area contributed by atoms with Crippen molar-refractivity contribution >= 4 is 0 Å². The first-order chi connectivity index (χ1) is 9.13. The fraction of sp³-hybridized carbons (Fsp3) is 0.357. The summed E-state index contributed by atoms with van der Waals surface area (Å²) in [6.45, 7) is 2.96. The summed E-state index contributed by atoms with van der Waals surface area (Å²) in [6, 6.07) is 7.39. The van der Waals surface area contributed by atoms with Crippen LogP contribution < -0.4 is 16.2 Å². The third-order valence-electron chi connectivity index (χ3n) is 3.03. The molecule has 0 saturated heterocycles. The van der Waals surface area contributed by atoms with Gasteiger partial charge in [-0.1, -0.05) is 18.2 Å². The van der Waals surface area contributed by atoms with Crippen LogP contribution in [0.15, 0.2) is 41.5 Å². The van der Waals surface area contributed by atoms with Crippen LogP contribution in [-0.2, 0) is 13.6 Å². The van der Waals surface area contributed by atoms with E-state index in [-0.39, 0.29) is 11.7 Å². The van der Waals surface area contributed by atoms with Gasteiger partial charge in [0.1, 0.15) is 5.75 Å². The van der Waals surface area contributed by atoms with Crippen molar-refractivity contribution in [3.63, 3.8) is 0 Å². The van der Waals surface area contributed by atoms with Gasteiger partial charge in [-0.2, -0.15) is 0 Å². The average molecular weight is 261 g/mol. The van der Waals surface area contributed by atoms with Gasteiger partial charge >= 0.3 is 5.69 Å². The molecule has 2 aromatic rings. The lowest BCUT2D eigenvalue weighted by atomic mass is 10.1. The lowest BCUT2D eigenvalue weighted by Crippen LogP contribution is -2.27. The maximum atomic E-state index is 11.8. The Morgan fingerprint density at radius 1 is 1.32 bits per heavy atom. The second-order valence-electron chi connectivity index (χ2n) is 4.42. The summed E-state index contributed by atoms with van der Waals surface area (Å²) >= 11 is 0. The predicted octanol–water partition coefficient (Wildman–Crippen LogP) is 1.29. The van der Waals surface area contributed by atoms with Crippen molar-refractivity contribution in [2.75, 3.05) is 6.61 Å². The molecule has 0 fully saturated rings. The normalized spacial score (nSPS) is 12.4. The Morgan fingerprint density at radius 3 is 2.68 bits per heavy atom. The molecule has 0 spiro atoms. The van der Waals surface area contributed by atoms with Gasteiger partial charge in [0.05, 0.1) is 12.6 Å². The smallest absolute Gasteiger partial charge is 0.327 e. The fourth-order valence-electron chi connectivity index (χ4n) is 2.03. The summed E-state index contributed by atoms with van der Waals surface area (Å²) in [5, 5.41) is 0. The minimum absolute atomic E-state index is 0.0654. The number of nitrogens with two attached hydrogens (primary N) is 1. The van der Waals surface area contributed by atoms with E-state index in [9.17, 15) is 4.79 Å². The molecule has 0 aliphatic carbocycles. The van der Waals surface area contributed by atoms with Crippen LogP contribution in [0.2, 0.25) is 0 Å². The Labute approximate surface area is 112 Å². The SMILES string of the molecule is CCOc1ccccc1C(N)Cn1ccn(C)c1=O. The summed E-state index contributed by atoms with van der Waals surface area (Å²) in [5.41, 5.74) is 7.04. The molecule has 2 rings (SSSR count). The minimum Gasteiger partial charge on any atom is -0.494 e. The van der Waals surface area contributed by atoms with Crippen LogP contribution in [0.25, 0.3) is 0 Å². The molecular weight excluding hydrogens is 242 g/mol. The first-order valence-corrected chi connectivity index (χ1v) is 6.32. The lowest BCUT2D eigenvalue weighted by molar-refractivity contribution is 0.332. The summed E-state index contributed by atoms with van der Waals surface area (Å²) < 4.78 is 8.69. The number of nitrogens with zero attached hydrogens (tertiary/aromatic N) is 2. The van der Waals surface area contributed by atoms with Crippen molar-refractivity contribution in [1.29, 1.82) is 0 Å². The number of ether oxygens (including phenoxy) is 1. The van der Waals surface area contributed by atoms with Gasteiger partial charge in [0.25, 0.3) is 0 Å². The van der Waals surface area contributed by atoms with Crippen LogP contribution in [-0.4, -0.2) is 15.7 Å². The minimum atomic E-state index is -0.275. The van der Waals surface area contributed by atoms with Crippen LogP contribution in [0.5, 0.6) is 5.75 Å². The summed E-state index contributed by atoms with van der Waals surface area (Å²) in [4.78, 5) is 11.8. The Balaban J connectivity index is 2.22. The van der Waals surface area contributed by atoms with E-state index in [1.54, 1.807) is 24.0 Å². The molecule has 1 atom stereocenters. The Morgan fingerprint density at radius 2 is 2.05 bits per heavy atom. The van der Waals surface area contributed by atoms with Crippen molar-refractivity contribution in [2.45, 2.75) is 19.5 Å². The molecule has 1 unspecified atom stereocenters. The van der Waals surface area contributed by atoms with Crippen molar-refractivity contribution in [3.05, 3.63) is 52.7 Å². The summed E-state index contributed by atoms with van der Waals surface area (Å²) in [5.74, 6) is 0.779. The number of para-hydroxylation sites is 1. The van der Waals surface area contributed by atoms with Crippen molar-refractivity contribution in [1.82, 2.24) is 9.13 Å². The summed E-state index contributed by atoms with van der Waals surface area (Å²) in [7, 11) is 1.72. The van der Waals surface area contributed by atoms with Gasteiger partial charge in [-0.05, 0) is 13.0 Å². The molecule has 5 heteroatoms. The number of imidazole rings is 1. The predicted molar refractivity (Wildman–Crippen MR) is 74.2 cm³/mol. The number of rotatable bonds is 5. The zero-order valence-electron chi connectivity index (χ0n) is 11.2. The van der Waals surface area contributed by atoms with E-state index in [1.807, 2.05) is 31.2 Å². The molecule has 102 valence electrons. The molecule has 19 heavy (non-hydrogen) atoms. The van der Waals surface area contributed by atoms with Gasteiger partial charge < -0.3 is 15.0 Å². The number of hydrogen-bond acceptors (Lipinski definition) is 3. The van der Waals surface area contributed by atoms with E-state index in [4.69, 9.17) is 10.5 Å². The monoisotopic (exact) mass is 261 g/mol. The highest BCUT2D eigenvalue weighted by molar-refractivity contribution is 5.35. The number of benzene rings is 1. The second kappa shape index (κ2) is 5.75. The number of hydrogen-bond donors (Lipinski definition) is 1. The number of aryl methyl sites for hydroxylation is 1. The van der Waals surface area contributed by atoms with Crippen LogP contribution in [0, 0.1) is 0 Å². The molecule has 2 N–H and O–H groups in total. The molecule has 0 aliphatic rings. The highest BCUT2D eigenvalue weighted by Gasteiger charge is 2.13. The van der Waals surface area contributed by atoms with Gasteiger partial charge in [0.2, 0.25) is 0 Å².